The van der Waals surface area contributed by atoms with Gasteiger partial charge in [0.1, 0.15) is 10.8 Å². The lowest BCUT2D eigenvalue weighted by molar-refractivity contribution is -0.115. The van der Waals surface area contributed by atoms with Gasteiger partial charge in [0.2, 0.25) is 11.0 Å². The SMILES string of the molecule is CCCC(C)c1nnc(NC(=O)Cc2n[nH]c(=O)[nH]2)s1. The molecule has 0 aliphatic heterocycles. The number of anilines is 1. The third-order valence-corrected chi connectivity index (χ3v) is 3.78. The number of rotatable bonds is 6. The molecule has 0 aliphatic carbocycles. The van der Waals surface area contributed by atoms with E-state index in [1.54, 1.807) is 0 Å². The molecule has 0 radical (unpaired) electrons. The average Bonchev–Trinajstić information content (AvgIpc) is 2.99. The number of hydrogen-bond acceptors (Lipinski definition) is 6. The quantitative estimate of drug-likeness (QED) is 0.736. The second-order valence-corrected chi connectivity index (χ2v) is 5.49. The van der Waals surface area contributed by atoms with E-state index in [-0.39, 0.29) is 18.2 Å². The molecule has 0 spiro atoms. The van der Waals surface area contributed by atoms with Crippen LogP contribution in [0.3, 0.4) is 0 Å². The van der Waals surface area contributed by atoms with E-state index < -0.39 is 5.69 Å². The van der Waals surface area contributed by atoms with E-state index in [0.717, 1.165) is 17.8 Å². The first-order chi connectivity index (χ1) is 9.58. The van der Waals surface area contributed by atoms with Crippen molar-refractivity contribution < 1.29 is 4.79 Å². The summed E-state index contributed by atoms with van der Waals surface area (Å²) >= 11 is 1.37. The van der Waals surface area contributed by atoms with Crippen LogP contribution >= 0.6 is 11.3 Å². The fourth-order valence-corrected chi connectivity index (χ4v) is 2.59. The van der Waals surface area contributed by atoms with E-state index >= 15 is 0 Å². The smallest absolute Gasteiger partial charge is 0.300 e. The van der Waals surface area contributed by atoms with Crippen LogP contribution in [-0.4, -0.2) is 31.3 Å². The molecule has 0 bridgehead atoms. The summed E-state index contributed by atoms with van der Waals surface area (Å²) in [4.78, 5) is 25.0. The van der Waals surface area contributed by atoms with Gasteiger partial charge in [0.25, 0.3) is 0 Å². The third-order valence-electron chi connectivity index (χ3n) is 2.71. The molecule has 1 atom stereocenters. The molecular formula is C11H16N6O2S. The van der Waals surface area contributed by atoms with Crippen molar-refractivity contribution in [2.45, 2.75) is 39.0 Å². The zero-order valence-electron chi connectivity index (χ0n) is 11.3. The number of carbonyl (C=O) groups excluding carboxylic acids is 1. The Morgan fingerprint density at radius 2 is 2.25 bits per heavy atom. The molecule has 2 rings (SSSR count). The first-order valence-electron chi connectivity index (χ1n) is 6.35. The van der Waals surface area contributed by atoms with Crippen molar-refractivity contribution in [1.82, 2.24) is 25.4 Å². The number of aromatic nitrogens is 5. The molecule has 0 fully saturated rings. The highest BCUT2D eigenvalue weighted by molar-refractivity contribution is 7.15. The highest BCUT2D eigenvalue weighted by Gasteiger charge is 2.14. The molecule has 3 N–H and O–H groups in total. The molecule has 108 valence electrons. The van der Waals surface area contributed by atoms with Crippen molar-refractivity contribution in [3.8, 4) is 0 Å². The summed E-state index contributed by atoms with van der Waals surface area (Å²) < 4.78 is 0. The number of aromatic amines is 2. The van der Waals surface area contributed by atoms with Crippen LogP contribution < -0.4 is 11.0 Å². The maximum Gasteiger partial charge on any atom is 0.340 e. The first-order valence-corrected chi connectivity index (χ1v) is 7.17. The second kappa shape index (κ2) is 6.42. The van der Waals surface area contributed by atoms with Gasteiger partial charge >= 0.3 is 5.69 Å². The van der Waals surface area contributed by atoms with Crippen molar-refractivity contribution in [2.24, 2.45) is 0 Å². The summed E-state index contributed by atoms with van der Waals surface area (Å²) in [6, 6.07) is 0. The van der Waals surface area contributed by atoms with Crippen LogP contribution in [0.5, 0.6) is 0 Å². The molecule has 0 saturated carbocycles. The van der Waals surface area contributed by atoms with E-state index in [9.17, 15) is 9.59 Å². The Balaban J connectivity index is 1.93. The zero-order chi connectivity index (χ0) is 14.5. The summed E-state index contributed by atoms with van der Waals surface area (Å²) in [7, 11) is 0. The molecule has 0 saturated heterocycles. The van der Waals surface area contributed by atoms with E-state index in [4.69, 9.17) is 0 Å². The highest BCUT2D eigenvalue weighted by atomic mass is 32.1. The van der Waals surface area contributed by atoms with Crippen molar-refractivity contribution in [2.75, 3.05) is 5.32 Å². The number of nitrogens with zero attached hydrogens (tertiary/aromatic N) is 3. The minimum Gasteiger partial charge on any atom is -0.300 e. The molecule has 1 unspecified atom stereocenters. The summed E-state index contributed by atoms with van der Waals surface area (Å²) in [5.74, 6) is 0.334. The highest BCUT2D eigenvalue weighted by Crippen LogP contribution is 2.26. The summed E-state index contributed by atoms with van der Waals surface area (Å²) in [5.41, 5.74) is -0.431. The van der Waals surface area contributed by atoms with Gasteiger partial charge in [-0.25, -0.2) is 9.89 Å². The van der Waals surface area contributed by atoms with Crippen LogP contribution in [0.4, 0.5) is 5.13 Å². The molecule has 20 heavy (non-hydrogen) atoms. The summed E-state index contributed by atoms with van der Waals surface area (Å²) in [6.07, 6.45) is 2.10. The van der Waals surface area contributed by atoms with Gasteiger partial charge in [0.15, 0.2) is 0 Å². The minimum absolute atomic E-state index is 0.0157. The molecule has 0 aliphatic rings. The van der Waals surface area contributed by atoms with Crippen LogP contribution in [0.25, 0.3) is 0 Å². The zero-order valence-corrected chi connectivity index (χ0v) is 12.1. The van der Waals surface area contributed by atoms with E-state index in [0.29, 0.717) is 11.0 Å². The number of amides is 1. The Morgan fingerprint density at radius 3 is 2.90 bits per heavy atom. The monoisotopic (exact) mass is 296 g/mol. The molecule has 8 nitrogen and oxygen atoms in total. The average molecular weight is 296 g/mol. The predicted octanol–water partition coefficient (Wildman–Crippen LogP) is 1.03. The van der Waals surface area contributed by atoms with Crippen molar-refractivity contribution in [3.05, 3.63) is 21.3 Å². The lowest BCUT2D eigenvalue weighted by atomic mass is 10.1. The van der Waals surface area contributed by atoms with Crippen molar-refractivity contribution in [1.29, 1.82) is 0 Å². The van der Waals surface area contributed by atoms with E-state index in [1.807, 2.05) is 0 Å². The maximum absolute atomic E-state index is 11.7. The van der Waals surface area contributed by atoms with Gasteiger partial charge in [-0.3, -0.25) is 9.78 Å². The largest absolute Gasteiger partial charge is 0.340 e. The molecule has 2 aromatic heterocycles. The van der Waals surface area contributed by atoms with Gasteiger partial charge in [0, 0.05) is 5.92 Å². The summed E-state index contributed by atoms with van der Waals surface area (Å²) in [5, 5.41) is 17.9. The molecule has 0 aromatic carbocycles. The first kappa shape index (κ1) is 14.4. The third kappa shape index (κ3) is 3.73. The second-order valence-electron chi connectivity index (χ2n) is 4.48. The van der Waals surface area contributed by atoms with Crippen molar-refractivity contribution >= 4 is 22.4 Å². The van der Waals surface area contributed by atoms with Crippen LogP contribution in [-0.2, 0) is 11.2 Å². The molecule has 9 heteroatoms. The van der Waals surface area contributed by atoms with E-state index in [1.165, 1.54) is 11.3 Å². The van der Waals surface area contributed by atoms with Crippen LogP contribution in [0.15, 0.2) is 4.79 Å². The standard InChI is InChI=1S/C11H16N6O2S/c1-3-4-6(2)9-15-17-11(20-9)13-8(18)5-7-12-10(19)16-14-7/h6H,3-5H2,1-2H3,(H,13,17,18)(H2,12,14,16,19). The number of hydrogen-bond donors (Lipinski definition) is 3. The summed E-state index contributed by atoms with van der Waals surface area (Å²) in [6.45, 7) is 4.20. The van der Waals surface area contributed by atoms with Gasteiger partial charge in [-0.1, -0.05) is 31.6 Å². The Labute approximate surface area is 119 Å². The normalized spacial score (nSPS) is 12.3. The lowest BCUT2D eigenvalue weighted by Crippen LogP contribution is -2.15. The number of nitrogens with one attached hydrogen (secondary N) is 3. The van der Waals surface area contributed by atoms with Crippen LogP contribution in [0.2, 0.25) is 0 Å². The van der Waals surface area contributed by atoms with Gasteiger partial charge < -0.3 is 5.32 Å². The van der Waals surface area contributed by atoms with Gasteiger partial charge in [-0.2, -0.15) is 5.10 Å². The van der Waals surface area contributed by atoms with Crippen LogP contribution in [0.1, 0.15) is 43.4 Å². The fraction of sp³-hybridized carbons (Fsp3) is 0.545. The Morgan fingerprint density at radius 1 is 1.45 bits per heavy atom. The molecule has 2 aromatic rings. The number of carbonyl (C=O) groups is 1. The van der Waals surface area contributed by atoms with E-state index in [2.05, 4.69) is 44.5 Å². The molecule has 2 heterocycles. The lowest BCUT2D eigenvalue weighted by Gasteiger charge is -2.03. The van der Waals surface area contributed by atoms with Crippen LogP contribution in [0, 0.1) is 0 Å². The predicted molar refractivity (Wildman–Crippen MR) is 74.8 cm³/mol. The Bertz CT molecular complexity index is 631. The molecule has 1 amide bonds. The van der Waals surface area contributed by atoms with Gasteiger partial charge in [0.05, 0.1) is 6.42 Å². The van der Waals surface area contributed by atoms with Gasteiger partial charge in [-0.15, -0.1) is 10.2 Å². The topological polar surface area (TPSA) is 116 Å². The number of H-pyrrole nitrogens is 2. The minimum atomic E-state index is -0.431. The Hall–Kier alpha value is -2.03. The molecular weight excluding hydrogens is 280 g/mol. The van der Waals surface area contributed by atoms with Crippen molar-refractivity contribution in [3.63, 3.8) is 0 Å². The maximum atomic E-state index is 11.7. The Kier molecular flexibility index (Phi) is 4.61. The fourth-order valence-electron chi connectivity index (χ4n) is 1.75. The van der Waals surface area contributed by atoms with Gasteiger partial charge in [-0.05, 0) is 6.42 Å².